The summed E-state index contributed by atoms with van der Waals surface area (Å²) in [6.45, 7) is 0.351. The lowest BCUT2D eigenvalue weighted by Gasteiger charge is -2.05. The van der Waals surface area contributed by atoms with Crippen LogP contribution in [0.3, 0.4) is 0 Å². The second-order valence-electron chi connectivity index (χ2n) is 3.36. The van der Waals surface area contributed by atoms with Crippen LogP contribution in [0, 0.1) is 11.8 Å². The number of hydrogen-bond acceptors (Lipinski definition) is 4. The number of aliphatic hydroxyl groups excluding tert-OH is 1. The molecule has 0 unspecified atom stereocenters. The normalized spacial score (nSPS) is 9.39. The molecule has 1 amide bonds. The topological polar surface area (TPSA) is 72.6 Å². The standard InChI is InChI=1S/C13H15NO3S/c14-13(16)10-18-8-7-17-12-5-1-3-11(9-12)4-2-6-15/h1,3,5,9,15H,6-8,10H2,(H2,14,16). The molecule has 5 heteroatoms. The van der Waals surface area contributed by atoms with Crippen molar-refractivity contribution in [1.82, 2.24) is 0 Å². The van der Waals surface area contributed by atoms with E-state index in [0.717, 1.165) is 11.3 Å². The molecule has 0 spiro atoms. The third-order valence-corrected chi connectivity index (χ3v) is 2.83. The zero-order valence-corrected chi connectivity index (χ0v) is 10.7. The molecule has 0 atom stereocenters. The Morgan fingerprint density at radius 1 is 1.50 bits per heavy atom. The molecule has 0 saturated carbocycles. The predicted octanol–water partition coefficient (Wildman–Crippen LogP) is 0.628. The van der Waals surface area contributed by atoms with Crippen molar-refractivity contribution in [2.45, 2.75) is 0 Å². The molecule has 96 valence electrons. The van der Waals surface area contributed by atoms with Crippen molar-refractivity contribution in [3.8, 4) is 17.6 Å². The largest absolute Gasteiger partial charge is 0.493 e. The molecule has 1 rings (SSSR count). The van der Waals surface area contributed by atoms with Crippen molar-refractivity contribution in [3.63, 3.8) is 0 Å². The predicted molar refractivity (Wildman–Crippen MR) is 72.4 cm³/mol. The second kappa shape index (κ2) is 8.45. The molecule has 0 aromatic heterocycles. The Hall–Kier alpha value is -1.64. The molecular formula is C13H15NO3S. The van der Waals surface area contributed by atoms with Gasteiger partial charge in [0.2, 0.25) is 5.91 Å². The highest BCUT2D eigenvalue weighted by Gasteiger charge is 1.97. The fraction of sp³-hybridized carbons (Fsp3) is 0.308. The van der Waals surface area contributed by atoms with Gasteiger partial charge in [0.15, 0.2) is 0 Å². The minimum absolute atomic E-state index is 0.158. The average Bonchev–Trinajstić information content (AvgIpc) is 2.36. The number of nitrogens with two attached hydrogens (primary N) is 1. The van der Waals surface area contributed by atoms with E-state index in [0.29, 0.717) is 18.1 Å². The average molecular weight is 265 g/mol. The summed E-state index contributed by atoms with van der Waals surface area (Å²) in [5.41, 5.74) is 5.81. The summed E-state index contributed by atoms with van der Waals surface area (Å²) < 4.78 is 5.51. The number of aliphatic hydroxyl groups is 1. The molecule has 3 N–H and O–H groups in total. The number of ether oxygens (including phenoxy) is 1. The second-order valence-corrected chi connectivity index (χ2v) is 4.46. The molecule has 0 bridgehead atoms. The van der Waals surface area contributed by atoms with Gasteiger partial charge in [-0.25, -0.2) is 0 Å². The number of rotatable bonds is 6. The highest BCUT2D eigenvalue weighted by Crippen LogP contribution is 2.13. The molecule has 1 aromatic rings. The van der Waals surface area contributed by atoms with E-state index in [1.54, 1.807) is 6.07 Å². The maximum atomic E-state index is 10.5. The van der Waals surface area contributed by atoms with E-state index in [4.69, 9.17) is 15.6 Å². The number of hydrogen-bond donors (Lipinski definition) is 2. The maximum Gasteiger partial charge on any atom is 0.227 e. The Morgan fingerprint density at radius 3 is 3.06 bits per heavy atom. The first-order valence-electron chi connectivity index (χ1n) is 5.41. The van der Waals surface area contributed by atoms with E-state index >= 15 is 0 Å². The number of thioether (sulfide) groups is 1. The van der Waals surface area contributed by atoms with Gasteiger partial charge in [0.1, 0.15) is 12.4 Å². The van der Waals surface area contributed by atoms with Crippen molar-refractivity contribution in [1.29, 1.82) is 0 Å². The van der Waals surface area contributed by atoms with Gasteiger partial charge >= 0.3 is 0 Å². The van der Waals surface area contributed by atoms with Crippen LogP contribution in [0.1, 0.15) is 5.56 Å². The van der Waals surface area contributed by atoms with Crippen LogP contribution >= 0.6 is 11.8 Å². The number of carbonyl (C=O) groups is 1. The molecule has 0 radical (unpaired) electrons. The molecule has 18 heavy (non-hydrogen) atoms. The van der Waals surface area contributed by atoms with Crippen LogP contribution in [-0.2, 0) is 4.79 Å². The van der Waals surface area contributed by atoms with E-state index in [2.05, 4.69) is 11.8 Å². The molecule has 4 nitrogen and oxygen atoms in total. The Balaban J connectivity index is 2.36. The van der Waals surface area contributed by atoms with Gasteiger partial charge in [0, 0.05) is 11.3 Å². The van der Waals surface area contributed by atoms with Gasteiger partial charge in [0.05, 0.1) is 12.4 Å². The van der Waals surface area contributed by atoms with E-state index in [1.807, 2.05) is 18.2 Å². The SMILES string of the molecule is NC(=O)CSCCOc1cccc(C#CCO)c1. The van der Waals surface area contributed by atoms with E-state index in [1.165, 1.54) is 11.8 Å². The van der Waals surface area contributed by atoms with Crippen molar-refractivity contribution < 1.29 is 14.6 Å². The number of amides is 1. The highest BCUT2D eigenvalue weighted by molar-refractivity contribution is 7.99. The minimum Gasteiger partial charge on any atom is -0.493 e. The maximum absolute atomic E-state index is 10.5. The Kier molecular flexibility index (Phi) is 6.77. The Labute approximate surface area is 111 Å². The van der Waals surface area contributed by atoms with E-state index < -0.39 is 0 Å². The first-order chi connectivity index (χ1) is 8.72. The summed E-state index contributed by atoms with van der Waals surface area (Å²) in [4.78, 5) is 10.5. The van der Waals surface area contributed by atoms with Gasteiger partial charge in [-0.1, -0.05) is 17.9 Å². The monoisotopic (exact) mass is 265 g/mol. The molecule has 0 fully saturated rings. The van der Waals surface area contributed by atoms with Crippen molar-refractivity contribution in [2.75, 3.05) is 24.7 Å². The quantitative estimate of drug-likeness (QED) is 0.584. The molecule has 1 aromatic carbocycles. The minimum atomic E-state index is -0.318. The fourth-order valence-corrected chi connectivity index (χ4v) is 1.74. The van der Waals surface area contributed by atoms with Crippen LogP contribution in [-0.4, -0.2) is 35.7 Å². The van der Waals surface area contributed by atoms with Crippen LogP contribution in [0.4, 0.5) is 0 Å². The molecule has 0 saturated heterocycles. The molecule has 0 aliphatic carbocycles. The summed E-state index contributed by atoms with van der Waals surface area (Å²) in [5, 5.41) is 8.60. The highest BCUT2D eigenvalue weighted by atomic mass is 32.2. The number of primary amides is 1. The van der Waals surface area contributed by atoms with Crippen LogP contribution in [0.2, 0.25) is 0 Å². The van der Waals surface area contributed by atoms with E-state index in [-0.39, 0.29) is 12.5 Å². The molecule has 0 aliphatic rings. The zero-order chi connectivity index (χ0) is 13.2. The summed E-state index contributed by atoms with van der Waals surface area (Å²) in [6, 6.07) is 7.33. The lowest BCUT2D eigenvalue weighted by Crippen LogP contribution is -2.14. The Bertz CT molecular complexity index is 451. The molecular weight excluding hydrogens is 250 g/mol. The smallest absolute Gasteiger partial charge is 0.227 e. The van der Waals surface area contributed by atoms with E-state index in [9.17, 15) is 4.79 Å². The van der Waals surface area contributed by atoms with Gasteiger partial charge in [-0.15, -0.1) is 11.8 Å². The summed E-state index contributed by atoms with van der Waals surface area (Å²) in [7, 11) is 0. The zero-order valence-electron chi connectivity index (χ0n) is 9.89. The van der Waals surface area contributed by atoms with Crippen LogP contribution in [0.5, 0.6) is 5.75 Å². The van der Waals surface area contributed by atoms with Crippen molar-refractivity contribution in [3.05, 3.63) is 29.8 Å². The van der Waals surface area contributed by atoms with Gasteiger partial charge in [-0.05, 0) is 18.2 Å². The van der Waals surface area contributed by atoms with Gasteiger partial charge in [-0.3, -0.25) is 4.79 Å². The van der Waals surface area contributed by atoms with Gasteiger partial charge in [0.25, 0.3) is 0 Å². The number of benzene rings is 1. The first-order valence-corrected chi connectivity index (χ1v) is 6.56. The first kappa shape index (κ1) is 14.4. The lowest BCUT2D eigenvalue weighted by atomic mass is 10.2. The van der Waals surface area contributed by atoms with Crippen LogP contribution in [0.25, 0.3) is 0 Å². The van der Waals surface area contributed by atoms with Crippen molar-refractivity contribution >= 4 is 17.7 Å². The summed E-state index contributed by atoms with van der Waals surface area (Å²) >= 11 is 1.44. The van der Waals surface area contributed by atoms with Gasteiger partial charge < -0.3 is 15.6 Å². The lowest BCUT2D eigenvalue weighted by molar-refractivity contribution is -0.115. The van der Waals surface area contributed by atoms with Crippen LogP contribution in [0.15, 0.2) is 24.3 Å². The molecule has 0 aliphatic heterocycles. The molecule has 0 heterocycles. The fourth-order valence-electron chi connectivity index (χ4n) is 1.20. The van der Waals surface area contributed by atoms with Gasteiger partial charge in [-0.2, -0.15) is 0 Å². The third kappa shape index (κ3) is 6.18. The Morgan fingerprint density at radius 2 is 2.33 bits per heavy atom. The van der Waals surface area contributed by atoms with Crippen molar-refractivity contribution in [2.24, 2.45) is 5.73 Å². The third-order valence-electron chi connectivity index (χ3n) is 1.89. The number of carbonyl (C=O) groups excluding carboxylic acids is 1. The summed E-state index contributed by atoms with van der Waals surface area (Å²) in [6.07, 6.45) is 0. The van der Waals surface area contributed by atoms with Crippen LogP contribution < -0.4 is 10.5 Å². The summed E-state index contributed by atoms with van der Waals surface area (Å²) in [5.74, 6) is 6.80.